The molecular weight excluding hydrogens is 474 g/mol. The molecule has 0 radical (unpaired) electrons. The van der Waals surface area contributed by atoms with E-state index >= 15 is 0 Å². The molecule has 3 N–H and O–H groups in total. The Balaban J connectivity index is 1.77. The topological polar surface area (TPSA) is 121 Å². The summed E-state index contributed by atoms with van der Waals surface area (Å²) in [5.74, 6) is -1.02. The SMILES string of the molecule is CC(=O)c1ccc(S(=O)(=O)NCCC(=O)NCC(=O)Nc2ccc(Br)cc2C)cc1. The number of sulfonamides is 1. The lowest BCUT2D eigenvalue weighted by Crippen LogP contribution is -2.35. The maximum atomic E-state index is 12.2. The van der Waals surface area contributed by atoms with Gasteiger partial charge in [0.25, 0.3) is 0 Å². The normalized spacial score (nSPS) is 11.0. The third kappa shape index (κ3) is 7.05. The molecule has 8 nitrogen and oxygen atoms in total. The van der Waals surface area contributed by atoms with Crippen LogP contribution in [0.2, 0.25) is 0 Å². The number of hydrogen-bond acceptors (Lipinski definition) is 5. The van der Waals surface area contributed by atoms with Crippen molar-refractivity contribution in [1.82, 2.24) is 10.0 Å². The van der Waals surface area contributed by atoms with Crippen molar-refractivity contribution in [3.05, 3.63) is 58.1 Å². The molecule has 0 aliphatic carbocycles. The van der Waals surface area contributed by atoms with Crippen LogP contribution in [-0.4, -0.2) is 39.1 Å². The highest BCUT2D eigenvalue weighted by atomic mass is 79.9. The molecule has 0 saturated heterocycles. The number of rotatable bonds is 9. The molecule has 0 spiro atoms. The Morgan fingerprint density at radius 2 is 1.67 bits per heavy atom. The Morgan fingerprint density at radius 3 is 2.27 bits per heavy atom. The second kappa shape index (κ2) is 10.5. The van der Waals surface area contributed by atoms with Gasteiger partial charge in [-0.05, 0) is 49.7 Å². The van der Waals surface area contributed by atoms with Crippen LogP contribution in [0.4, 0.5) is 5.69 Å². The van der Waals surface area contributed by atoms with Gasteiger partial charge in [0.15, 0.2) is 5.78 Å². The molecule has 0 bridgehead atoms. The van der Waals surface area contributed by atoms with E-state index < -0.39 is 15.9 Å². The fraction of sp³-hybridized carbons (Fsp3) is 0.250. The zero-order valence-electron chi connectivity index (χ0n) is 16.5. The molecule has 2 aromatic carbocycles. The molecule has 0 atom stereocenters. The lowest BCUT2D eigenvalue weighted by molar-refractivity contribution is -0.124. The number of carbonyl (C=O) groups excluding carboxylic acids is 3. The summed E-state index contributed by atoms with van der Waals surface area (Å²) in [7, 11) is -3.80. The van der Waals surface area contributed by atoms with Gasteiger partial charge in [0.1, 0.15) is 0 Å². The highest BCUT2D eigenvalue weighted by molar-refractivity contribution is 9.10. The Hall–Kier alpha value is -2.56. The van der Waals surface area contributed by atoms with E-state index in [2.05, 4.69) is 31.3 Å². The van der Waals surface area contributed by atoms with Gasteiger partial charge < -0.3 is 10.6 Å². The summed E-state index contributed by atoms with van der Waals surface area (Å²) in [6.07, 6.45) is -0.130. The van der Waals surface area contributed by atoms with Gasteiger partial charge in [0, 0.05) is 28.7 Å². The minimum atomic E-state index is -3.80. The average molecular weight is 496 g/mol. The minimum absolute atomic E-state index is 0.00264. The zero-order chi connectivity index (χ0) is 22.3. The van der Waals surface area contributed by atoms with Gasteiger partial charge >= 0.3 is 0 Å². The third-order valence-corrected chi connectivity index (χ3v) is 6.09. The van der Waals surface area contributed by atoms with Crippen molar-refractivity contribution in [3.8, 4) is 0 Å². The molecule has 0 heterocycles. The van der Waals surface area contributed by atoms with Gasteiger partial charge in [-0.15, -0.1) is 0 Å². The summed E-state index contributed by atoms with van der Waals surface area (Å²) in [5, 5.41) is 5.14. The van der Waals surface area contributed by atoms with Gasteiger partial charge in [-0.2, -0.15) is 0 Å². The summed E-state index contributed by atoms with van der Waals surface area (Å²) in [6.45, 7) is 2.88. The average Bonchev–Trinajstić information content (AvgIpc) is 2.68. The number of amides is 2. The van der Waals surface area contributed by atoms with Crippen LogP contribution in [0.5, 0.6) is 0 Å². The Morgan fingerprint density at radius 1 is 1.00 bits per heavy atom. The van der Waals surface area contributed by atoms with Crippen molar-refractivity contribution >= 4 is 49.2 Å². The number of aryl methyl sites for hydroxylation is 1. The second-order valence-corrected chi connectivity index (χ2v) is 9.20. The fourth-order valence-corrected chi connectivity index (χ4v) is 3.99. The molecule has 0 unspecified atom stereocenters. The van der Waals surface area contributed by atoms with Gasteiger partial charge in [-0.1, -0.05) is 28.1 Å². The molecule has 2 aromatic rings. The summed E-state index contributed by atoms with van der Waals surface area (Å²) in [5.41, 5.74) is 1.92. The van der Waals surface area contributed by atoms with Crippen LogP contribution in [0, 0.1) is 6.92 Å². The molecular formula is C20H22BrN3O5S. The number of anilines is 1. The first kappa shape index (κ1) is 23.7. The predicted octanol–water partition coefficient (Wildman–Crippen LogP) is 2.38. The van der Waals surface area contributed by atoms with Crippen LogP contribution in [-0.2, 0) is 19.6 Å². The summed E-state index contributed by atoms with van der Waals surface area (Å²) < 4.78 is 27.7. The van der Waals surface area contributed by atoms with Crippen molar-refractivity contribution in [3.63, 3.8) is 0 Å². The van der Waals surface area contributed by atoms with E-state index in [1.165, 1.54) is 31.2 Å². The Labute approximate surface area is 183 Å². The van der Waals surface area contributed by atoms with Crippen LogP contribution in [0.1, 0.15) is 29.3 Å². The fourth-order valence-electron chi connectivity index (χ4n) is 2.48. The molecule has 2 rings (SSSR count). The maximum absolute atomic E-state index is 12.2. The second-order valence-electron chi connectivity index (χ2n) is 6.51. The first-order valence-corrected chi connectivity index (χ1v) is 11.3. The highest BCUT2D eigenvalue weighted by Gasteiger charge is 2.15. The first-order valence-electron chi connectivity index (χ1n) is 9.02. The number of hydrogen-bond donors (Lipinski definition) is 3. The highest BCUT2D eigenvalue weighted by Crippen LogP contribution is 2.19. The molecule has 0 aliphatic heterocycles. The number of benzene rings is 2. The largest absolute Gasteiger partial charge is 0.347 e. The van der Waals surface area contributed by atoms with E-state index in [1.807, 2.05) is 13.0 Å². The van der Waals surface area contributed by atoms with Crippen LogP contribution in [0.3, 0.4) is 0 Å². The molecule has 0 fully saturated rings. The van der Waals surface area contributed by atoms with Crippen molar-refractivity contribution in [2.75, 3.05) is 18.4 Å². The monoisotopic (exact) mass is 495 g/mol. The molecule has 160 valence electrons. The summed E-state index contributed by atoms with van der Waals surface area (Å²) >= 11 is 3.34. The molecule has 0 aromatic heterocycles. The van der Waals surface area contributed by atoms with Crippen molar-refractivity contribution in [2.45, 2.75) is 25.2 Å². The maximum Gasteiger partial charge on any atom is 0.243 e. The molecule has 0 aliphatic rings. The van der Waals surface area contributed by atoms with E-state index in [4.69, 9.17) is 0 Å². The first-order chi connectivity index (χ1) is 14.1. The lowest BCUT2D eigenvalue weighted by atomic mass is 10.2. The predicted molar refractivity (Wildman–Crippen MR) is 117 cm³/mol. The smallest absolute Gasteiger partial charge is 0.243 e. The minimum Gasteiger partial charge on any atom is -0.347 e. The number of carbonyl (C=O) groups is 3. The molecule has 0 saturated carbocycles. The van der Waals surface area contributed by atoms with E-state index in [-0.39, 0.29) is 36.1 Å². The van der Waals surface area contributed by atoms with Crippen molar-refractivity contribution < 1.29 is 22.8 Å². The number of ketones is 1. The van der Waals surface area contributed by atoms with Crippen molar-refractivity contribution in [1.29, 1.82) is 0 Å². The van der Waals surface area contributed by atoms with E-state index in [9.17, 15) is 22.8 Å². The number of halogens is 1. The number of nitrogens with one attached hydrogen (secondary N) is 3. The summed E-state index contributed by atoms with van der Waals surface area (Å²) in [6, 6.07) is 10.9. The lowest BCUT2D eigenvalue weighted by Gasteiger charge is -2.10. The van der Waals surface area contributed by atoms with Crippen LogP contribution < -0.4 is 15.4 Å². The quantitative estimate of drug-likeness (QED) is 0.461. The van der Waals surface area contributed by atoms with Crippen LogP contribution in [0.25, 0.3) is 0 Å². The van der Waals surface area contributed by atoms with Crippen LogP contribution in [0.15, 0.2) is 51.8 Å². The van der Waals surface area contributed by atoms with E-state index in [0.717, 1.165) is 10.0 Å². The zero-order valence-corrected chi connectivity index (χ0v) is 18.9. The van der Waals surface area contributed by atoms with Gasteiger partial charge in [-0.3, -0.25) is 14.4 Å². The van der Waals surface area contributed by atoms with Gasteiger partial charge in [-0.25, -0.2) is 13.1 Å². The van der Waals surface area contributed by atoms with Gasteiger partial charge in [0.2, 0.25) is 21.8 Å². The van der Waals surface area contributed by atoms with Crippen LogP contribution >= 0.6 is 15.9 Å². The number of Topliss-reactive ketones (excluding diaryl/α,β-unsaturated/α-hetero) is 1. The third-order valence-electron chi connectivity index (χ3n) is 4.12. The summed E-state index contributed by atoms with van der Waals surface area (Å²) in [4.78, 5) is 35.1. The molecule has 10 heteroatoms. The molecule has 2 amide bonds. The molecule has 30 heavy (non-hydrogen) atoms. The Kier molecular flexibility index (Phi) is 8.27. The van der Waals surface area contributed by atoms with Crippen molar-refractivity contribution in [2.24, 2.45) is 0 Å². The van der Waals surface area contributed by atoms with E-state index in [1.54, 1.807) is 12.1 Å². The van der Waals surface area contributed by atoms with Gasteiger partial charge in [0.05, 0.1) is 11.4 Å². The van der Waals surface area contributed by atoms with E-state index in [0.29, 0.717) is 11.3 Å². The Bertz CT molecular complexity index is 1050. The standard InChI is InChI=1S/C20H22BrN3O5S/c1-13-11-16(21)5-8-18(13)24-20(27)12-22-19(26)9-10-23-30(28,29)17-6-3-15(4-7-17)14(2)25/h3-8,11,23H,9-10,12H2,1-2H3,(H,22,26)(H,24,27).